The molecule has 102 valence electrons. The Kier molecular flexibility index (Phi) is 5.61. The van der Waals surface area contributed by atoms with Crippen LogP contribution >= 0.6 is 11.6 Å². The van der Waals surface area contributed by atoms with Crippen LogP contribution in [-0.4, -0.2) is 12.6 Å². The minimum Gasteiger partial charge on any atom is -0.314 e. The van der Waals surface area contributed by atoms with Crippen LogP contribution in [0.4, 0.5) is 4.39 Å². The van der Waals surface area contributed by atoms with E-state index < -0.39 is 0 Å². The Bertz CT molecular complexity index is 392. The topological polar surface area (TPSA) is 12.0 Å². The first-order valence-electron chi connectivity index (χ1n) is 6.53. The SMILES string of the molecule is CCC(C)(CNC(C)C)Cc1ccc(Cl)cc1F. The summed E-state index contributed by atoms with van der Waals surface area (Å²) in [6.07, 6.45) is 1.74. The Morgan fingerprint density at radius 2 is 2.06 bits per heavy atom. The zero-order valence-corrected chi connectivity index (χ0v) is 12.4. The third-order valence-electron chi connectivity index (χ3n) is 3.42. The van der Waals surface area contributed by atoms with Gasteiger partial charge in [-0.05, 0) is 36.0 Å². The number of hydrogen-bond acceptors (Lipinski definition) is 1. The van der Waals surface area contributed by atoms with E-state index in [9.17, 15) is 4.39 Å². The number of nitrogens with one attached hydrogen (secondary N) is 1. The first-order chi connectivity index (χ1) is 8.36. The predicted molar refractivity (Wildman–Crippen MR) is 76.7 cm³/mol. The van der Waals surface area contributed by atoms with Crippen molar-refractivity contribution in [3.8, 4) is 0 Å². The standard InChI is InChI=1S/C15H23ClFN/c1-5-15(4,10-18-11(2)3)9-12-6-7-13(16)8-14(12)17/h6-8,11,18H,5,9-10H2,1-4H3. The van der Waals surface area contributed by atoms with E-state index in [0.717, 1.165) is 24.9 Å². The van der Waals surface area contributed by atoms with E-state index in [1.54, 1.807) is 12.1 Å². The molecule has 0 fully saturated rings. The molecule has 18 heavy (non-hydrogen) atoms. The average molecular weight is 272 g/mol. The largest absolute Gasteiger partial charge is 0.314 e. The Balaban J connectivity index is 2.77. The molecule has 0 aliphatic carbocycles. The van der Waals surface area contributed by atoms with Gasteiger partial charge in [0.15, 0.2) is 0 Å². The molecule has 1 N–H and O–H groups in total. The molecule has 0 aliphatic rings. The van der Waals surface area contributed by atoms with E-state index in [4.69, 9.17) is 11.6 Å². The Morgan fingerprint density at radius 1 is 1.39 bits per heavy atom. The lowest BCUT2D eigenvalue weighted by molar-refractivity contribution is 0.278. The minimum atomic E-state index is -0.202. The highest BCUT2D eigenvalue weighted by Crippen LogP contribution is 2.28. The number of benzene rings is 1. The highest BCUT2D eigenvalue weighted by Gasteiger charge is 2.24. The summed E-state index contributed by atoms with van der Waals surface area (Å²) in [5.41, 5.74) is 0.813. The quantitative estimate of drug-likeness (QED) is 0.807. The Labute approximate surface area is 115 Å². The predicted octanol–water partition coefficient (Wildman–Crippen LogP) is 4.44. The van der Waals surface area contributed by atoms with Crippen molar-refractivity contribution in [2.45, 2.75) is 46.6 Å². The van der Waals surface area contributed by atoms with Crippen LogP contribution in [0, 0.1) is 11.2 Å². The third kappa shape index (κ3) is 4.58. The van der Waals surface area contributed by atoms with Crippen LogP contribution in [-0.2, 0) is 6.42 Å². The molecule has 1 aromatic carbocycles. The van der Waals surface area contributed by atoms with Gasteiger partial charge in [0.05, 0.1) is 0 Å². The zero-order valence-electron chi connectivity index (χ0n) is 11.7. The second-order valence-corrected chi connectivity index (χ2v) is 6.05. The van der Waals surface area contributed by atoms with Gasteiger partial charge in [0.25, 0.3) is 0 Å². The summed E-state index contributed by atoms with van der Waals surface area (Å²) in [6, 6.07) is 5.39. The molecule has 0 aliphatic heterocycles. The van der Waals surface area contributed by atoms with Crippen molar-refractivity contribution < 1.29 is 4.39 Å². The molecule has 0 bridgehead atoms. The Hall–Kier alpha value is -0.600. The fourth-order valence-electron chi connectivity index (χ4n) is 1.89. The average Bonchev–Trinajstić information content (AvgIpc) is 2.30. The van der Waals surface area contributed by atoms with Gasteiger partial charge in [-0.3, -0.25) is 0 Å². The van der Waals surface area contributed by atoms with E-state index in [-0.39, 0.29) is 11.2 Å². The Morgan fingerprint density at radius 3 is 2.56 bits per heavy atom. The van der Waals surface area contributed by atoms with Crippen LogP contribution in [0.2, 0.25) is 5.02 Å². The highest BCUT2D eigenvalue weighted by atomic mass is 35.5. The van der Waals surface area contributed by atoms with Crippen LogP contribution in [0.5, 0.6) is 0 Å². The highest BCUT2D eigenvalue weighted by molar-refractivity contribution is 6.30. The lowest BCUT2D eigenvalue weighted by atomic mass is 9.81. The van der Waals surface area contributed by atoms with Crippen LogP contribution in [0.1, 0.15) is 39.7 Å². The van der Waals surface area contributed by atoms with Gasteiger partial charge in [0.1, 0.15) is 5.82 Å². The second-order valence-electron chi connectivity index (χ2n) is 5.61. The van der Waals surface area contributed by atoms with Gasteiger partial charge < -0.3 is 5.32 Å². The molecule has 0 saturated heterocycles. The lowest BCUT2D eigenvalue weighted by Crippen LogP contribution is -2.37. The van der Waals surface area contributed by atoms with E-state index in [0.29, 0.717) is 11.1 Å². The fourth-order valence-corrected chi connectivity index (χ4v) is 2.05. The second kappa shape index (κ2) is 6.53. The van der Waals surface area contributed by atoms with E-state index in [1.165, 1.54) is 6.07 Å². The van der Waals surface area contributed by atoms with Gasteiger partial charge in [-0.15, -0.1) is 0 Å². The first kappa shape index (κ1) is 15.5. The maximum atomic E-state index is 13.8. The maximum Gasteiger partial charge on any atom is 0.127 e. The molecule has 3 heteroatoms. The van der Waals surface area contributed by atoms with E-state index in [2.05, 4.69) is 33.0 Å². The summed E-state index contributed by atoms with van der Waals surface area (Å²) in [5.74, 6) is -0.202. The van der Waals surface area contributed by atoms with Crippen molar-refractivity contribution in [3.63, 3.8) is 0 Å². The first-order valence-corrected chi connectivity index (χ1v) is 6.91. The molecule has 0 heterocycles. The molecule has 1 aromatic rings. The van der Waals surface area contributed by atoms with Crippen LogP contribution in [0.15, 0.2) is 18.2 Å². The molecular formula is C15H23ClFN. The monoisotopic (exact) mass is 271 g/mol. The normalized spacial score (nSPS) is 14.8. The summed E-state index contributed by atoms with van der Waals surface area (Å²) in [6.45, 7) is 9.48. The van der Waals surface area contributed by atoms with E-state index >= 15 is 0 Å². The number of halogens is 2. The molecule has 0 amide bonds. The molecule has 1 atom stereocenters. The molecule has 1 nitrogen and oxygen atoms in total. The van der Waals surface area contributed by atoms with Crippen molar-refractivity contribution in [1.82, 2.24) is 5.32 Å². The molecule has 0 saturated carbocycles. The van der Waals surface area contributed by atoms with Crippen LogP contribution in [0.3, 0.4) is 0 Å². The molecule has 0 spiro atoms. The molecular weight excluding hydrogens is 249 g/mol. The van der Waals surface area contributed by atoms with Crippen molar-refractivity contribution in [1.29, 1.82) is 0 Å². The molecule has 0 aromatic heterocycles. The fraction of sp³-hybridized carbons (Fsp3) is 0.600. The van der Waals surface area contributed by atoms with Crippen LogP contribution in [0.25, 0.3) is 0 Å². The lowest BCUT2D eigenvalue weighted by Gasteiger charge is -2.30. The van der Waals surface area contributed by atoms with Gasteiger partial charge in [0, 0.05) is 17.6 Å². The minimum absolute atomic E-state index is 0.0684. The smallest absolute Gasteiger partial charge is 0.127 e. The molecule has 0 radical (unpaired) electrons. The van der Waals surface area contributed by atoms with Gasteiger partial charge in [0.2, 0.25) is 0 Å². The summed E-state index contributed by atoms with van der Waals surface area (Å²) in [5, 5.41) is 3.89. The van der Waals surface area contributed by atoms with Crippen LogP contribution < -0.4 is 5.32 Å². The van der Waals surface area contributed by atoms with Crippen molar-refractivity contribution in [3.05, 3.63) is 34.6 Å². The van der Waals surface area contributed by atoms with E-state index in [1.807, 2.05) is 0 Å². The number of rotatable bonds is 6. The van der Waals surface area contributed by atoms with Gasteiger partial charge >= 0.3 is 0 Å². The van der Waals surface area contributed by atoms with Crippen molar-refractivity contribution in [2.24, 2.45) is 5.41 Å². The maximum absolute atomic E-state index is 13.8. The molecule has 1 rings (SSSR count). The summed E-state index contributed by atoms with van der Waals surface area (Å²) >= 11 is 5.77. The van der Waals surface area contributed by atoms with Gasteiger partial charge in [-0.2, -0.15) is 0 Å². The summed E-state index contributed by atoms with van der Waals surface area (Å²) in [4.78, 5) is 0. The zero-order chi connectivity index (χ0) is 13.8. The van der Waals surface area contributed by atoms with Crippen molar-refractivity contribution >= 4 is 11.6 Å². The number of hydrogen-bond donors (Lipinski definition) is 1. The van der Waals surface area contributed by atoms with Gasteiger partial charge in [-0.1, -0.05) is 45.4 Å². The molecule has 1 unspecified atom stereocenters. The third-order valence-corrected chi connectivity index (χ3v) is 3.66. The summed E-state index contributed by atoms with van der Waals surface area (Å²) in [7, 11) is 0. The van der Waals surface area contributed by atoms with Crippen molar-refractivity contribution in [2.75, 3.05) is 6.54 Å². The van der Waals surface area contributed by atoms with Gasteiger partial charge in [-0.25, -0.2) is 4.39 Å². The summed E-state index contributed by atoms with van der Waals surface area (Å²) < 4.78 is 13.8.